The zero-order valence-corrected chi connectivity index (χ0v) is 12.7. The van der Waals surface area contributed by atoms with Crippen LogP contribution in [0.5, 0.6) is 0 Å². The van der Waals surface area contributed by atoms with Crippen molar-refractivity contribution < 1.29 is 4.79 Å². The Kier molecular flexibility index (Phi) is 5.82. The molecule has 2 N–H and O–H groups in total. The van der Waals surface area contributed by atoms with Gasteiger partial charge in [0.1, 0.15) is 0 Å². The third-order valence-corrected chi connectivity index (χ3v) is 4.22. The van der Waals surface area contributed by atoms with Gasteiger partial charge in [0.2, 0.25) is 5.91 Å². The number of hydrogen-bond acceptors (Lipinski definition) is 3. The van der Waals surface area contributed by atoms with Crippen LogP contribution < -0.4 is 10.6 Å². The van der Waals surface area contributed by atoms with Crippen molar-refractivity contribution in [2.24, 2.45) is 5.92 Å². The molecule has 1 aromatic heterocycles. The first-order valence-corrected chi connectivity index (χ1v) is 7.35. The summed E-state index contributed by atoms with van der Waals surface area (Å²) in [7, 11) is 1.69. The van der Waals surface area contributed by atoms with Crippen LogP contribution in [0.4, 0.5) is 0 Å². The van der Waals surface area contributed by atoms with E-state index >= 15 is 0 Å². The van der Waals surface area contributed by atoms with Crippen molar-refractivity contribution in [2.75, 3.05) is 7.05 Å². The highest BCUT2D eigenvalue weighted by atomic mass is 32.1. The smallest absolute Gasteiger partial charge is 0.236 e. The molecule has 0 aliphatic carbocycles. The van der Waals surface area contributed by atoms with E-state index in [1.807, 2.05) is 0 Å². The molecule has 0 aromatic carbocycles. The van der Waals surface area contributed by atoms with Crippen molar-refractivity contribution in [3.05, 3.63) is 21.9 Å². The van der Waals surface area contributed by atoms with E-state index in [1.54, 1.807) is 18.4 Å². The van der Waals surface area contributed by atoms with Gasteiger partial charge in [-0.25, -0.2) is 0 Å². The summed E-state index contributed by atoms with van der Waals surface area (Å²) in [6.45, 7) is 8.51. The lowest BCUT2D eigenvalue weighted by Gasteiger charge is -2.23. The van der Waals surface area contributed by atoms with E-state index in [0.29, 0.717) is 5.92 Å². The molecule has 0 aliphatic heterocycles. The van der Waals surface area contributed by atoms with Gasteiger partial charge in [0.25, 0.3) is 0 Å². The van der Waals surface area contributed by atoms with Crippen molar-refractivity contribution in [2.45, 2.75) is 46.2 Å². The fraction of sp³-hybridized carbons (Fsp3) is 0.643. The fourth-order valence-corrected chi connectivity index (χ4v) is 3.05. The van der Waals surface area contributed by atoms with Crippen molar-refractivity contribution >= 4 is 17.2 Å². The predicted octanol–water partition coefficient (Wildman–Crippen LogP) is 2.87. The minimum absolute atomic E-state index is 0.0739. The number of nitrogens with one attached hydrogen (secondary N) is 2. The fourth-order valence-electron chi connectivity index (χ4n) is 2.10. The standard InChI is InChI=1S/C14H24N2OS/c1-9(2)8-12(14(17)15-5)16-11(4)13-10(3)6-7-18-13/h6-7,9,11-12,16H,8H2,1-5H3,(H,15,17). The zero-order chi connectivity index (χ0) is 13.7. The van der Waals surface area contributed by atoms with Gasteiger partial charge in [-0.3, -0.25) is 10.1 Å². The number of rotatable bonds is 6. The minimum atomic E-state index is -0.119. The molecule has 1 rings (SSSR count). The summed E-state index contributed by atoms with van der Waals surface area (Å²) in [5.41, 5.74) is 1.29. The molecule has 1 aromatic rings. The van der Waals surface area contributed by atoms with Gasteiger partial charge < -0.3 is 5.32 Å². The van der Waals surface area contributed by atoms with Crippen LogP contribution in [0.1, 0.15) is 43.7 Å². The third kappa shape index (κ3) is 4.10. The Morgan fingerprint density at radius 2 is 2.06 bits per heavy atom. The lowest BCUT2D eigenvalue weighted by molar-refractivity contribution is -0.123. The van der Waals surface area contributed by atoms with Gasteiger partial charge >= 0.3 is 0 Å². The molecule has 0 saturated heterocycles. The monoisotopic (exact) mass is 268 g/mol. The SMILES string of the molecule is CNC(=O)C(CC(C)C)NC(C)c1sccc1C. The molecule has 102 valence electrons. The van der Waals surface area contributed by atoms with Gasteiger partial charge in [-0.15, -0.1) is 11.3 Å². The number of carbonyl (C=O) groups excluding carboxylic acids is 1. The first-order chi connectivity index (χ1) is 8.45. The van der Waals surface area contributed by atoms with Crippen LogP contribution in [-0.2, 0) is 4.79 Å². The minimum Gasteiger partial charge on any atom is -0.358 e. The second-order valence-corrected chi connectivity index (χ2v) is 6.10. The molecule has 18 heavy (non-hydrogen) atoms. The van der Waals surface area contributed by atoms with Crippen LogP contribution in [0.25, 0.3) is 0 Å². The molecule has 2 atom stereocenters. The molecule has 0 saturated carbocycles. The highest BCUT2D eigenvalue weighted by Gasteiger charge is 2.22. The average molecular weight is 268 g/mol. The highest BCUT2D eigenvalue weighted by molar-refractivity contribution is 7.10. The van der Waals surface area contributed by atoms with Crippen LogP contribution in [-0.4, -0.2) is 19.0 Å². The summed E-state index contributed by atoms with van der Waals surface area (Å²) in [5, 5.41) is 8.28. The lowest BCUT2D eigenvalue weighted by Crippen LogP contribution is -2.44. The van der Waals surface area contributed by atoms with E-state index < -0.39 is 0 Å². The molecule has 3 nitrogen and oxygen atoms in total. The summed E-state index contributed by atoms with van der Waals surface area (Å²) in [6.07, 6.45) is 0.856. The molecular weight excluding hydrogens is 244 g/mol. The number of amides is 1. The Hall–Kier alpha value is -0.870. The molecule has 2 unspecified atom stereocenters. The maximum Gasteiger partial charge on any atom is 0.236 e. The van der Waals surface area contributed by atoms with Gasteiger partial charge in [0.15, 0.2) is 0 Å². The van der Waals surface area contributed by atoms with Crippen molar-refractivity contribution in [3.63, 3.8) is 0 Å². The quantitative estimate of drug-likeness (QED) is 0.833. The summed E-state index contributed by atoms with van der Waals surface area (Å²) in [4.78, 5) is 13.2. The Bertz CT molecular complexity index is 387. The lowest BCUT2D eigenvalue weighted by atomic mass is 10.0. The molecule has 0 aliphatic rings. The van der Waals surface area contributed by atoms with E-state index in [4.69, 9.17) is 0 Å². The highest BCUT2D eigenvalue weighted by Crippen LogP contribution is 2.24. The summed E-state index contributed by atoms with van der Waals surface area (Å²) in [6, 6.07) is 2.22. The zero-order valence-electron chi connectivity index (χ0n) is 11.9. The Labute approximate surface area is 114 Å². The molecule has 0 spiro atoms. The molecule has 1 heterocycles. The molecule has 0 radical (unpaired) electrons. The number of aryl methyl sites for hydroxylation is 1. The van der Waals surface area contributed by atoms with Crippen LogP contribution >= 0.6 is 11.3 Å². The molecule has 0 bridgehead atoms. The van der Waals surface area contributed by atoms with E-state index in [1.165, 1.54) is 10.4 Å². The largest absolute Gasteiger partial charge is 0.358 e. The Morgan fingerprint density at radius 3 is 2.50 bits per heavy atom. The van der Waals surface area contributed by atoms with E-state index in [9.17, 15) is 4.79 Å². The average Bonchev–Trinajstić information content (AvgIpc) is 2.73. The van der Waals surface area contributed by atoms with Crippen LogP contribution in [0.3, 0.4) is 0 Å². The summed E-state index contributed by atoms with van der Waals surface area (Å²) in [5.74, 6) is 0.571. The summed E-state index contributed by atoms with van der Waals surface area (Å²) < 4.78 is 0. The molecule has 4 heteroatoms. The molecule has 1 amide bonds. The second-order valence-electron chi connectivity index (χ2n) is 5.15. The maximum atomic E-state index is 11.9. The van der Waals surface area contributed by atoms with Gasteiger partial charge in [0.05, 0.1) is 6.04 Å². The topological polar surface area (TPSA) is 41.1 Å². The van der Waals surface area contributed by atoms with E-state index in [-0.39, 0.29) is 18.0 Å². The van der Waals surface area contributed by atoms with Gasteiger partial charge in [-0.2, -0.15) is 0 Å². The Balaban J connectivity index is 2.71. The van der Waals surface area contributed by atoms with Crippen molar-refractivity contribution in [1.29, 1.82) is 0 Å². The van der Waals surface area contributed by atoms with E-state index in [2.05, 4.69) is 49.8 Å². The second kappa shape index (κ2) is 6.90. The normalized spacial score (nSPS) is 14.6. The third-order valence-electron chi connectivity index (χ3n) is 3.02. The molecule has 0 fully saturated rings. The number of likely N-dealkylation sites (N-methyl/N-ethyl adjacent to an activating group) is 1. The van der Waals surface area contributed by atoms with Crippen LogP contribution in [0.15, 0.2) is 11.4 Å². The van der Waals surface area contributed by atoms with Gasteiger partial charge in [0, 0.05) is 18.0 Å². The number of carbonyl (C=O) groups is 1. The van der Waals surface area contributed by atoms with Crippen LogP contribution in [0.2, 0.25) is 0 Å². The number of hydrogen-bond donors (Lipinski definition) is 2. The predicted molar refractivity (Wildman–Crippen MR) is 77.9 cm³/mol. The van der Waals surface area contributed by atoms with Crippen molar-refractivity contribution in [1.82, 2.24) is 10.6 Å². The number of thiophene rings is 1. The van der Waals surface area contributed by atoms with Gasteiger partial charge in [-0.05, 0) is 43.2 Å². The van der Waals surface area contributed by atoms with E-state index in [0.717, 1.165) is 6.42 Å². The first kappa shape index (κ1) is 15.2. The molecular formula is C14H24N2OS. The summed E-state index contributed by atoms with van der Waals surface area (Å²) >= 11 is 1.74. The first-order valence-electron chi connectivity index (χ1n) is 6.47. The van der Waals surface area contributed by atoms with Crippen molar-refractivity contribution in [3.8, 4) is 0 Å². The van der Waals surface area contributed by atoms with Crippen LogP contribution in [0, 0.1) is 12.8 Å². The maximum absolute atomic E-state index is 11.9. The Morgan fingerprint density at radius 1 is 1.39 bits per heavy atom. The van der Waals surface area contributed by atoms with Gasteiger partial charge in [-0.1, -0.05) is 13.8 Å².